The van der Waals surface area contributed by atoms with E-state index in [-0.39, 0.29) is 16.5 Å². The lowest BCUT2D eigenvalue weighted by atomic mass is 10.2. The molecule has 0 fully saturated rings. The lowest BCUT2D eigenvalue weighted by Crippen LogP contribution is -2.34. The van der Waals surface area contributed by atoms with E-state index in [1.807, 2.05) is 0 Å². The molecule has 0 aromatic carbocycles. The van der Waals surface area contributed by atoms with Crippen molar-refractivity contribution in [3.63, 3.8) is 0 Å². The summed E-state index contributed by atoms with van der Waals surface area (Å²) in [6.45, 7) is -0.119. The van der Waals surface area contributed by atoms with Gasteiger partial charge in [-0.3, -0.25) is 4.79 Å². The van der Waals surface area contributed by atoms with E-state index in [9.17, 15) is 13.2 Å². The molecule has 64 valence electrons. The molecule has 0 saturated heterocycles. The zero-order valence-electron chi connectivity index (χ0n) is 5.90. The van der Waals surface area contributed by atoms with E-state index >= 15 is 0 Å². The minimum Gasteiger partial charge on any atom is -0.293 e. The lowest BCUT2D eigenvalue weighted by molar-refractivity contribution is 0.0991. The third-order valence-electron chi connectivity index (χ3n) is 1.60. The molecule has 0 amide bonds. The SMILES string of the molecule is O=C1CNS(=O)(=O)c2sccc21. The third-order valence-corrected chi connectivity index (χ3v) is 4.48. The van der Waals surface area contributed by atoms with Gasteiger partial charge in [0.1, 0.15) is 4.21 Å². The van der Waals surface area contributed by atoms with E-state index in [4.69, 9.17) is 0 Å². The Kier molecular flexibility index (Phi) is 1.57. The molecule has 0 radical (unpaired) electrons. The first-order valence-corrected chi connectivity index (χ1v) is 5.58. The van der Waals surface area contributed by atoms with Crippen LogP contribution < -0.4 is 4.72 Å². The molecule has 1 aromatic heterocycles. The predicted molar refractivity (Wildman–Crippen MR) is 43.8 cm³/mol. The maximum absolute atomic E-state index is 11.2. The second-order valence-electron chi connectivity index (χ2n) is 2.37. The second-order valence-corrected chi connectivity index (χ2v) is 5.25. The number of thiophene rings is 1. The van der Waals surface area contributed by atoms with Gasteiger partial charge in [0, 0.05) is 5.56 Å². The molecule has 4 nitrogen and oxygen atoms in total. The Labute approximate surface area is 73.3 Å². The summed E-state index contributed by atoms with van der Waals surface area (Å²) in [5.74, 6) is -0.166. The summed E-state index contributed by atoms with van der Waals surface area (Å²) < 4.78 is 24.8. The summed E-state index contributed by atoms with van der Waals surface area (Å²) in [5.41, 5.74) is 0.318. The van der Waals surface area contributed by atoms with Crippen LogP contribution >= 0.6 is 11.3 Å². The van der Waals surface area contributed by atoms with Crippen LogP contribution in [0.3, 0.4) is 0 Å². The molecule has 1 aliphatic rings. The quantitative estimate of drug-likeness (QED) is 0.656. The molecule has 1 aliphatic heterocycles. The minimum absolute atomic E-state index is 0.119. The fraction of sp³-hybridized carbons (Fsp3) is 0.167. The van der Waals surface area contributed by atoms with Gasteiger partial charge in [0.25, 0.3) is 10.0 Å². The number of nitrogens with one attached hydrogen (secondary N) is 1. The maximum atomic E-state index is 11.2. The molecule has 0 spiro atoms. The van der Waals surface area contributed by atoms with Gasteiger partial charge in [0.05, 0.1) is 6.54 Å². The van der Waals surface area contributed by atoms with Crippen LogP contribution in [0.15, 0.2) is 15.7 Å². The summed E-state index contributed by atoms with van der Waals surface area (Å²) >= 11 is 1.06. The molecular weight excluding hydrogens is 198 g/mol. The standard InChI is InChI=1S/C6H5NO3S2/c8-5-3-7-12(9,10)6-4(5)1-2-11-6/h1-2,7H,3H2. The number of carbonyl (C=O) groups is 1. The molecule has 1 aromatic rings. The first kappa shape index (κ1) is 7.90. The Morgan fingerprint density at radius 1 is 1.50 bits per heavy atom. The Balaban J connectivity index is 2.73. The van der Waals surface area contributed by atoms with E-state index < -0.39 is 10.0 Å². The Morgan fingerprint density at radius 2 is 2.25 bits per heavy atom. The van der Waals surface area contributed by atoms with E-state index in [1.165, 1.54) is 0 Å². The average Bonchev–Trinajstić information content (AvgIpc) is 2.46. The third kappa shape index (κ3) is 0.996. The van der Waals surface area contributed by atoms with Crippen molar-refractivity contribution in [2.45, 2.75) is 4.21 Å². The Morgan fingerprint density at radius 3 is 2.92 bits per heavy atom. The van der Waals surface area contributed by atoms with Crippen LogP contribution in [-0.4, -0.2) is 20.7 Å². The number of Topliss-reactive ketones (excluding diaryl/α,β-unsaturated/α-hetero) is 1. The van der Waals surface area contributed by atoms with Gasteiger partial charge in [-0.1, -0.05) is 0 Å². The van der Waals surface area contributed by atoms with Gasteiger partial charge in [-0.05, 0) is 11.4 Å². The highest BCUT2D eigenvalue weighted by atomic mass is 32.2. The predicted octanol–water partition coefficient (Wildman–Crippen LogP) is 0.223. The van der Waals surface area contributed by atoms with Crippen molar-refractivity contribution in [3.05, 3.63) is 17.0 Å². The van der Waals surface area contributed by atoms with Crippen molar-refractivity contribution >= 4 is 27.1 Å². The van der Waals surface area contributed by atoms with Crippen LogP contribution in [0.1, 0.15) is 10.4 Å². The molecule has 1 N–H and O–H groups in total. The molecule has 0 unspecified atom stereocenters. The fourth-order valence-electron chi connectivity index (χ4n) is 1.03. The van der Waals surface area contributed by atoms with Gasteiger partial charge in [-0.25, -0.2) is 13.1 Å². The highest BCUT2D eigenvalue weighted by Gasteiger charge is 2.29. The van der Waals surface area contributed by atoms with E-state index in [1.54, 1.807) is 11.4 Å². The average molecular weight is 203 g/mol. The van der Waals surface area contributed by atoms with Gasteiger partial charge in [-0.2, -0.15) is 0 Å². The molecule has 6 heteroatoms. The van der Waals surface area contributed by atoms with Crippen LogP contribution in [0.4, 0.5) is 0 Å². The molecule has 0 aliphatic carbocycles. The number of rotatable bonds is 0. The van der Waals surface area contributed by atoms with Gasteiger partial charge in [-0.15, -0.1) is 11.3 Å². The van der Waals surface area contributed by atoms with Crippen molar-refractivity contribution in [1.82, 2.24) is 4.72 Å². The first-order chi connectivity index (χ1) is 5.61. The first-order valence-electron chi connectivity index (χ1n) is 3.21. The van der Waals surface area contributed by atoms with Crippen LogP contribution in [0.25, 0.3) is 0 Å². The molecular formula is C6H5NO3S2. The zero-order valence-corrected chi connectivity index (χ0v) is 7.54. The minimum atomic E-state index is -3.38. The number of hydrogen-bond acceptors (Lipinski definition) is 4. The summed E-state index contributed by atoms with van der Waals surface area (Å²) in [6.07, 6.45) is 0. The number of hydrogen-bond donors (Lipinski definition) is 1. The van der Waals surface area contributed by atoms with Crippen LogP contribution in [0, 0.1) is 0 Å². The normalized spacial score (nSPS) is 20.5. The molecule has 2 heterocycles. The van der Waals surface area contributed by atoms with E-state index in [0.29, 0.717) is 5.56 Å². The second kappa shape index (κ2) is 2.38. The number of carbonyl (C=O) groups excluding carboxylic acids is 1. The summed E-state index contributed by atoms with van der Waals surface area (Å²) in [5, 5.41) is 1.60. The smallest absolute Gasteiger partial charge is 0.251 e. The van der Waals surface area contributed by atoms with E-state index in [2.05, 4.69) is 4.72 Å². The monoisotopic (exact) mass is 203 g/mol. The molecule has 0 bridgehead atoms. The zero-order chi connectivity index (χ0) is 8.77. The van der Waals surface area contributed by atoms with Gasteiger partial charge in [0.2, 0.25) is 0 Å². The van der Waals surface area contributed by atoms with Crippen molar-refractivity contribution in [2.75, 3.05) is 6.54 Å². The van der Waals surface area contributed by atoms with Crippen LogP contribution in [-0.2, 0) is 10.0 Å². The van der Waals surface area contributed by atoms with Crippen molar-refractivity contribution < 1.29 is 13.2 Å². The highest BCUT2D eigenvalue weighted by Crippen LogP contribution is 2.25. The molecule has 2 rings (SSSR count). The molecule has 0 saturated carbocycles. The summed E-state index contributed by atoms with van der Waals surface area (Å²) in [6, 6.07) is 1.54. The number of sulfonamides is 1. The number of ketones is 1. The summed E-state index contributed by atoms with van der Waals surface area (Å²) in [7, 11) is -3.38. The van der Waals surface area contributed by atoms with Crippen molar-refractivity contribution in [1.29, 1.82) is 0 Å². The highest BCUT2D eigenvalue weighted by molar-refractivity contribution is 7.91. The molecule has 0 atom stereocenters. The largest absolute Gasteiger partial charge is 0.293 e. The lowest BCUT2D eigenvalue weighted by Gasteiger charge is -2.11. The van der Waals surface area contributed by atoms with Gasteiger partial charge >= 0.3 is 0 Å². The fourth-order valence-corrected chi connectivity index (χ4v) is 3.44. The maximum Gasteiger partial charge on any atom is 0.251 e. The molecule has 12 heavy (non-hydrogen) atoms. The van der Waals surface area contributed by atoms with Crippen LogP contribution in [0.5, 0.6) is 0 Å². The topological polar surface area (TPSA) is 63.2 Å². The van der Waals surface area contributed by atoms with Gasteiger partial charge < -0.3 is 0 Å². The Bertz CT molecular complexity index is 431. The Hall–Kier alpha value is -0.720. The van der Waals surface area contributed by atoms with Gasteiger partial charge in [0.15, 0.2) is 5.78 Å². The summed E-state index contributed by atoms with van der Waals surface area (Å²) in [4.78, 5) is 11.1. The van der Waals surface area contributed by atoms with Crippen molar-refractivity contribution in [2.24, 2.45) is 0 Å². The number of fused-ring (bicyclic) bond motifs is 1. The van der Waals surface area contributed by atoms with Crippen molar-refractivity contribution in [3.8, 4) is 0 Å². The van der Waals surface area contributed by atoms with Crippen LogP contribution in [0.2, 0.25) is 0 Å². The van der Waals surface area contributed by atoms with E-state index in [0.717, 1.165) is 11.3 Å².